The maximum Gasteiger partial charge on any atom is 0.255 e. The molecule has 3 aromatic carbocycles. The number of nitrogens with one attached hydrogen (secondary N) is 2. The van der Waals surface area contributed by atoms with E-state index in [9.17, 15) is 4.79 Å². The number of imidazole rings is 1. The number of rotatable bonds is 5. The largest absolute Gasteiger partial charge is 0.494 e. The molecule has 4 aromatic rings. The van der Waals surface area contributed by atoms with Crippen LogP contribution in [0.3, 0.4) is 0 Å². The number of anilines is 2. The number of amides is 1. The van der Waals surface area contributed by atoms with Crippen LogP contribution in [0, 0.1) is 6.92 Å². The van der Waals surface area contributed by atoms with Crippen LogP contribution in [0.2, 0.25) is 0 Å². The first-order valence-corrected chi connectivity index (χ1v) is 11.1. The van der Waals surface area contributed by atoms with Crippen molar-refractivity contribution < 1.29 is 9.53 Å². The van der Waals surface area contributed by atoms with E-state index in [4.69, 9.17) is 9.72 Å². The van der Waals surface area contributed by atoms with Gasteiger partial charge in [0, 0.05) is 11.4 Å². The van der Waals surface area contributed by atoms with E-state index in [2.05, 4.69) is 15.2 Å². The minimum Gasteiger partial charge on any atom is -0.494 e. The molecule has 0 aliphatic carbocycles. The first-order valence-electron chi connectivity index (χ1n) is 11.1. The molecule has 33 heavy (non-hydrogen) atoms. The number of carbonyl (C=O) groups excluding carboxylic acids is 1. The average molecular weight is 439 g/mol. The summed E-state index contributed by atoms with van der Waals surface area (Å²) in [6.45, 7) is 6.52. The monoisotopic (exact) mass is 438 g/mol. The number of hydrogen-bond donors (Lipinski definition) is 2. The number of aromatic nitrogens is 2. The van der Waals surface area contributed by atoms with Gasteiger partial charge in [-0.25, -0.2) is 4.98 Å². The van der Waals surface area contributed by atoms with Crippen molar-refractivity contribution >= 4 is 28.6 Å². The van der Waals surface area contributed by atoms with E-state index in [-0.39, 0.29) is 11.9 Å². The number of ether oxygens (including phenoxy) is 1. The standard InChI is InChI=1S/C27H26N4O2/c1-4-33-21-15-11-19(12-16-21)25-24(26(32)29-20-13-9-17(2)10-14-20)18(3)28-27-30-22-7-5-6-8-23(22)31(25)27/h5-16,25H,4H2,1-3H3,(H,28,30)(H,29,32). The Labute approximate surface area is 192 Å². The van der Waals surface area contributed by atoms with Crippen molar-refractivity contribution in [2.75, 3.05) is 17.2 Å². The number of nitrogens with zero attached hydrogens (tertiary/aromatic N) is 2. The molecule has 0 saturated carbocycles. The quantitative estimate of drug-likeness (QED) is 0.421. The summed E-state index contributed by atoms with van der Waals surface area (Å²) >= 11 is 0. The summed E-state index contributed by atoms with van der Waals surface area (Å²) < 4.78 is 7.73. The molecule has 0 saturated heterocycles. The van der Waals surface area contributed by atoms with Gasteiger partial charge in [-0.3, -0.25) is 9.36 Å². The topological polar surface area (TPSA) is 68.2 Å². The summed E-state index contributed by atoms with van der Waals surface area (Å²) in [5, 5.41) is 6.43. The van der Waals surface area contributed by atoms with Gasteiger partial charge in [-0.05, 0) is 62.7 Å². The summed E-state index contributed by atoms with van der Waals surface area (Å²) in [4.78, 5) is 18.4. The second-order valence-electron chi connectivity index (χ2n) is 8.18. The Bertz CT molecular complexity index is 1350. The number of allylic oxidation sites excluding steroid dienone is 1. The Balaban J connectivity index is 1.62. The fourth-order valence-electron chi connectivity index (χ4n) is 4.32. The van der Waals surface area contributed by atoms with Crippen molar-refractivity contribution in [2.24, 2.45) is 0 Å². The number of para-hydroxylation sites is 2. The molecule has 6 nitrogen and oxygen atoms in total. The minimum atomic E-state index is -0.338. The Kier molecular flexibility index (Phi) is 5.34. The van der Waals surface area contributed by atoms with Crippen molar-refractivity contribution in [3.05, 3.63) is 95.2 Å². The molecular weight excluding hydrogens is 412 g/mol. The van der Waals surface area contributed by atoms with Gasteiger partial charge in [0.1, 0.15) is 5.75 Å². The van der Waals surface area contributed by atoms with E-state index in [0.717, 1.165) is 45.2 Å². The van der Waals surface area contributed by atoms with Crippen molar-refractivity contribution in [2.45, 2.75) is 26.8 Å². The van der Waals surface area contributed by atoms with E-state index in [1.165, 1.54) is 0 Å². The van der Waals surface area contributed by atoms with Crippen molar-refractivity contribution in [1.29, 1.82) is 0 Å². The predicted octanol–water partition coefficient (Wildman–Crippen LogP) is 5.67. The molecule has 1 amide bonds. The molecule has 5 rings (SSSR count). The number of benzene rings is 3. The van der Waals surface area contributed by atoms with Crippen molar-refractivity contribution in [3.8, 4) is 5.75 Å². The van der Waals surface area contributed by atoms with Crippen LogP contribution in [0.5, 0.6) is 5.75 Å². The summed E-state index contributed by atoms with van der Waals surface area (Å²) in [6, 6.07) is 23.4. The molecular formula is C27H26N4O2. The zero-order valence-corrected chi connectivity index (χ0v) is 18.9. The van der Waals surface area contributed by atoms with Crippen LogP contribution in [-0.2, 0) is 4.79 Å². The second-order valence-corrected chi connectivity index (χ2v) is 8.18. The van der Waals surface area contributed by atoms with Gasteiger partial charge in [0.25, 0.3) is 5.91 Å². The predicted molar refractivity (Wildman–Crippen MR) is 132 cm³/mol. The van der Waals surface area contributed by atoms with E-state index in [0.29, 0.717) is 12.2 Å². The third-order valence-electron chi connectivity index (χ3n) is 5.89. The fraction of sp³-hybridized carbons (Fsp3) is 0.185. The highest BCUT2D eigenvalue weighted by atomic mass is 16.5. The third kappa shape index (κ3) is 3.84. The van der Waals surface area contributed by atoms with E-state index in [1.54, 1.807) is 0 Å². The summed E-state index contributed by atoms with van der Waals surface area (Å²) in [7, 11) is 0. The molecule has 6 heteroatoms. The number of hydrogen-bond acceptors (Lipinski definition) is 4. The van der Waals surface area contributed by atoms with E-state index >= 15 is 0 Å². The summed E-state index contributed by atoms with van der Waals surface area (Å²) in [6.07, 6.45) is 0. The molecule has 0 spiro atoms. The van der Waals surface area contributed by atoms with Gasteiger partial charge in [0.15, 0.2) is 0 Å². The lowest BCUT2D eigenvalue weighted by atomic mass is 9.94. The maximum absolute atomic E-state index is 13.6. The van der Waals surface area contributed by atoms with E-state index < -0.39 is 0 Å². The molecule has 1 aliphatic heterocycles. The number of aryl methyl sites for hydroxylation is 1. The zero-order valence-electron chi connectivity index (χ0n) is 18.9. The number of carbonyl (C=O) groups is 1. The SMILES string of the molecule is CCOc1ccc(C2C(C(=O)Nc3ccc(C)cc3)=C(C)Nc3nc4ccccc4n32)cc1. The van der Waals surface area contributed by atoms with Gasteiger partial charge in [-0.15, -0.1) is 0 Å². The van der Waals surface area contributed by atoms with Gasteiger partial charge in [-0.1, -0.05) is 42.0 Å². The van der Waals surface area contributed by atoms with Crippen LogP contribution >= 0.6 is 0 Å². The molecule has 1 aromatic heterocycles. The zero-order chi connectivity index (χ0) is 22.9. The normalized spacial score (nSPS) is 15.2. The molecule has 2 N–H and O–H groups in total. The van der Waals surface area contributed by atoms with Crippen LogP contribution in [-0.4, -0.2) is 22.1 Å². The first-order chi connectivity index (χ1) is 16.0. The molecule has 0 radical (unpaired) electrons. The highest BCUT2D eigenvalue weighted by Crippen LogP contribution is 2.39. The van der Waals surface area contributed by atoms with Gasteiger partial charge < -0.3 is 15.4 Å². The molecule has 0 fully saturated rings. The Morgan fingerprint density at radius 2 is 1.76 bits per heavy atom. The molecule has 0 bridgehead atoms. The van der Waals surface area contributed by atoms with E-state index in [1.807, 2.05) is 93.6 Å². The van der Waals surface area contributed by atoms with Gasteiger partial charge in [0.05, 0.1) is 29.3 Å². The molecule has 1 aliphatic rings. The molecule has 166 valence electrons. The van der Waals surface area contributed by atoms with Crippen LogP contribution in [0.1, 0.15) is 31.0 Å². The number of fused-ring (bicyclic) bond motifs is 3. The molecule has 1 unspecified atom stereocenters. The fourth-order valence-corrected chi connectivity index (χ4v) is 4.32. The van der Waals surface area contributed by atoms with Crippen LogP contribution in [0.15, 0.2) is 84.1 Å². The van der Waals surface area contributed by atoms with Crippen molar-refractivity contribution in [1.82, 2.24) is 9.55 Å². The Morgan fingerprint density at radius 1 is 1.03 bits per heavy atom. The summed E-state index contributed by atoms with van der Waals surface area (Å²) in [5.41, 5.74) is 6.16. The Morgan fingerprint density at radius 3 is 2.48 bits per heavy atom. The average Bonchev–Trinajstić information content (AvgIpc) is 3.18. The Hall–Kier alpha value is -4.06. The van der Waals surface area contributed by atoms with Crippen LogP contribution in [0.4, 0.5) is 11.6 Å². The van der Waals surface area contributed by atoms with Gasteiger partial charge >= 0.3 is 0 Å². The highest BCUT2D eigenvalue weighted by molar-refractivity contribution is 6.06. The highest BCUT2D eigenvalue weighted by Gasteiger charge is 2.34. The van der Waals surface area contributed by atoms with Crippen LogP contribution in [0.25, 0.3) is 11.0 Å². The lowest BCUT2D eigenvalue weighted by molar-refractivity contribution is -0.113. The molecule has 1 atom stereocenters. The lowest BCUT2D eigenvalue weighted by Crippen LogP contribution is -2.30. The third-order valence-corrected chi connectivity index (χ3v) is 5.89. The molecule has 2 heterocycles. The smallest absolute Gasteiger partial charge is 0.255 e. The van der Waals surface area contributed by atoms with Crippen molar-refractivity contribution in [3.63, 3.8) is 0 Å². The summed E-state index contributed by atoms with van der Waals surface area (Å²) in [5.74, 6) is 1.38. The maximum atomic E-state index is 13.6. The van der Waals surface area contributed by atoms with Gasteiger partial charge in [-0.2, -0.15) is 0 Å². The second kappa shape index (κ2) is 8.47. The van der Waals surface area contributed by atoms with Gasteiger partial charge in [0.2, 0.25) is 5.95 Å². The first kappa shape index (κ1) is 20.8. The minimum absolute atomic E-state index is 0.147. The van der Waals surface area contributed by atoms with Crippen LogP contribution < -0.4 is 15.4 Å². The lowest BCUT2D eigenvalue weighted by Gasteiger charge is -2.30.